The van der Waals surface area contributed by atoms with E-state index in [0.29, 0.717) is 0 Å². The van der Waals surface area contributed by atoms with Crippen LogP contribution in [0.15, 0.2) is 17.5 Å². The summed E-state index contributed by atoms with van der Waals surface area (Å²) in [5.74, 6) is 1.70. The SMILES string of the molecule is CC1CC(C)C(C)N(CCNCCc2cccs2)C1. The molecule has 1 aromatic heterocycles. The van der Waals surface area contributed by atoms with Crippen molar-refractivity contribution in [3.63, 3.8) is 0 Å². The van der Waals surface area contributed by atoms with Crippen LogP contribution in [0.5, 0.6) is 0 Å². The van der Waals surface area contributed by atoms with Crippen LogP contribution >= 0.6 is 11.3 Å². The maximum atomic E-state index is 3.59. The molecule has 0 spiro atoms. The molecule has 0 aromatic carbocycles. The van der Waals surface area contributed by atoms with Gasteiger partial charge >= 0.3 is 0 Å². The van der Waals surface area contributed by atoms with Crippen LogP contribution in [0.2, 0.25) is 0 Å². The van der Waals surface area contributed by atoms with Gasteiger partial charge in [-0.05, 0) is 43.0 Å². The van der Waals surface area contributed by atoms with E-state index in [9.17, 15) is 0 Å². The lowest BCUT2D eigenvalue weighted by Gasteiger charge is -2.41. The number of hydrogen-bond donors (Lipinski definition) is 1. The van der Waals surface area contributed by atoms with E-state index in [4.69, 9.17) is 0 Å². The van der Waals surface area contributed by atoms with Crippen molar-refractivity contribution < 1.29 is 0 Å². The minimum Gasteiger partial charge on any atom is -0.315 e. The zero-order valence-corrected chi connectivity index (χ0v) is 13.4. The van der Waals surface area contributed by atoms with Gasteiger partial charge in [-0.2, -0.15) is 0 Å². The van der Waals surface area contributed by atoms with E-state index in [1.54, 1.807) is 0 Å². The highest BCUT2D eigenvalue weighted by Gasteiger charge is 2.27. The molecule has 0 aliphatic carbocycles. The van der Waals surface area contributed by atoms with Crippen LogP contribution in [0.3, 0.4) is 0 Å². The van der Waals surface area contributed by atoms with Crippen molar-refractivity contribution in [1.82, 2.24) is 10.2 Å². The highest BCUT2D eigenvalue weighted by molar-refractivity contribution is 7.09. The van der Waals surface area contributed by atoms with E-state index < -0.39 is 0 Å². The largest absolute Gasteiger partial charge is 0.315 e. The molecule has 1 aromatic rings. The second-order valence-electron chi connectivity index (χ2n) is 6.13. The van der Waals surface area contributed by atoms with Crippen molar-refractivity contribution >= 4 is 11.3 Å². The van der Waals surface area contributed by atoms with E-state index in [1.165, 1.54) is 30.8 Å². The van der Waals surface area contributed by atoms with Gasteiger partial charge in [-0.25, -0.2) is 0 Å². The third-order valence-electron chi connectivity index (χ3n) is 4.42. The first-order valence-electron chi connectivity index (χ1n) is 7.64. The summed E-state index contributed by atoms with van der Waals surface area (Å²) in [6, 6.07) is 5.11. The third-order valence-corrected chi connectivity index (χ3v) is 5.36. The molecule has 0 bridgehead atoms. The predicted molar refractivity (Wildman–Crippen MR) is 84.9 cm³/mol. The molecule has 2 nitrogen and oxygen atoms in total. The molecule has 2 rings (SSSR count). The van der Waals surface area contributed by atoms with Crippen molar-refractivity contribution in [2.45, 2.75) is 39.7 Å². The Balaban J connectivity index is 1.62. The van der Waals surface area contributed by atoms with Crippen molar-refractivity contribution in [2.24, 2.45) is 11.8 Å². The second kappa shape index (κ2) is 7.41. The fourth-order valence-electron chi connectivity index (χ4n) is 3.14. The van der Waals surface area contributed by atoms with E-state index in [2.05, 4.69) is 48.5 Å². The van der Waals surface area contributed by atoms with Gasteiger partial charge < -0.3 is 5.32 Å². The number of thiophene rings is 1. The lowest BCUT2D eigenvalue weighted by atomic mass is 9.86. The Bertz CT molecular complexity index is 350. The lowest BCUT2D eigenvalue weighted by Crippen LogP contribution is -2.48. The fourth-order valence-corrected chi connectivity index (χ4v) is 3.85. The van der Waals surface area contributed by atoms with Crippen molar-refractivity contribution in [3.05, 3.63) is 22.4 Å². The number of likely N-dealkylation sites (tertiary alicyclic amines) is 1. The van der Waals surface area contributed by atoms with Gasteiger partial charge in [-0.3, -0.25) is 4.90 Å². The zero-order chi connectivity index (χ0) is 13.7. The number of piperidine rings is 1. The van der Waals surface area contributed by atoms with Gasteiger partial charge in [0.05, 0.1) is 0 Å². The van der Waals surface area contributed by atoms with Gasteiger partial charge in [-0.15, -0.1) is 11.3 Å². The Morgan fingerprint density at radius 1 is 1.32 bits per heavy atom. The number of nitrogens with zero attached hydrogens (tertiary/aromatic N) is 1. The molecule has 0 amide bonds. The van der Waals surface area contributed by atoms with Gasteiger partial charge in [-0.1, -0.05) is 19.9 Å². The van der Waals surface area contributed by atoms with Crippen LogP contribution in [0.25, 0.3) is 0 Å². The summed E-state index contributed by atoms with van der Waals surface area (Å²) in [4.78, 5) is 4.15. The maximum absolute atomic E-state index is 3.59. The fraction of sp³-hybridized carbons (Fsp3) is 0.750. The Labute approximate surface area is 122 Å². The van der Waals surface area contributed by atoms with Gasteiger partial charge in [0.1, 0.15) is 0 Å². The Kier molecular flexibility index (Phi) is 5.86. The molecule has 3 atom stereocenters. The highest BCUT2D eigenvalue weighted by Crippen LogP contribution is 2.26. The van der Waals surface area contributed by atoms with Crippen molar-refractivity contribution in [1.29, 1.82) is 0 Å². The molecule has 3 unspecified atom stereocenters. The van der Waals surface area contributed by atoms with E-state index in [1.807, 2.05) is 11.3 Å². The minimum absolute atomic E-state index is 0.746. The van der Waals surface area contributed by atoms with Gasteiger partial charge in [0.25, 0.3) is 0 Å². The van der Waals surface area contributed by atoms with Crippen LogP contribution in [0.4, 0.5) is 0 Å². The molecule has 1 aliphatic heterocycles. The Hall–Kier alpha value is -0.380. The van der Waals surface area contributed by atoms with E-state index in [0.717, 1.165) is 31.0 Å². The van der Waals surface area contributed by atoms with Crippen LogP contribution in [-0.2, 0) is 6.42 Å². The standard InChI is InChI=1S/C16H28N2S/c1-13-11-14(2)15(3)18(12-13)9-8-17-7-6-16-5-4-10-19-16/h4-5,10,13-15,17H,6-9,11-12H2,1-3H3. The molecule has 1 saturated heterocycles. The maximum Gasteiger partial charge on any atom is 0.0110 e. The van der Waals surface area contributed by atoms with Crippen LogP contribution < -0.4 is 5.32 Å². The molecular weight excluding hydrogens is 252 g/mol. The Morgan fingerprint density at radius 3 is 2.89 bits per heavy atom. The molecule has 2 heterocycles. The number of hydrogen-bond acceptors (Lipinski definition) is 3. The molecule has 19 heavy (non-hydrogen) atoms. The predicted octanol–water partition coefficient (Wildman–Crippen LogP) is 3.25. The summed E-state index contributed by atoms with van der Waals surface area (Å²) >= 11 is 1.86. The molecular formula is C16H28N2S. The molecule has 0 radical (unpaired) electrons. The van der Waals surface area contributed by atoms with E-state index in [-0.39, 0.29) is 0 Å². The average Bonchev–Trinajstić information content (AvgIpc) is 2.87. The first-order chi connectivity index (χ1) is 9.16. The van der Waals surface area contributed by atoms with Crippen molar-refractivity contribution in [2.75, 3.05) is 26.2 Å². The minimum atomic E-state index is 0.746. The quantitative estimate of drug-likeness (QED) is 0.805. The summed E-state index contributed by atoms with van der Waals surface area (Å²) < 4.78 is 0. The van der Waals surface area contributed by atoms with Crippen LogP contribution in [0.1, 0.15) is 32.1 Å². The van der Waals surface area contributed by atoms with Crippen LogP contribution in [-0.4, -0.2) is 37.1 Å². The van der Waals surface area contributed by atoms with Crippen molar-refractivity contribution in [3.8, 4) is 0 Å². The summed E-state index contributed by atoms with van der Waals surface area (Å²) in [7, 11) is 0. The molecule has 1 N–H and O–H groups in total. The topological polar surface area (TPSA) is 15.3 Å². The summed E-state index contributed by atoms with van der Waals surface area (Å²) in [6.45, 7) is 11.9. The third kappa shape index (κ3) is 4.59. The van der Waals surface area contributed by atoms with Crippen LogP contribution in [0, 0.1) is 11.8 Å². The summed E-state index contributed by atoms with van der Waals surface area (Å²) in [6.07, 6.45) is 2.56. The first-order valence-corrected chi connectivity index (χ1v) is 8.52. The average molecular weight is 280 g/mol. The molecule has 108 valence electrons. The van der Waals surface area contributed by atoms with Gasteiger partial charge in [0.15, 0.2) is 0 Å². The monoisotopic (exact) mass is 280 g/mol. The Morgan fingerprint density at radius 2 is 2.16 bits per heavy atom. The summed E-state index contributed by atoms with van der Waals surface area (Å²) in [5, 5.41) is 5.75. The summed E-state index contributed by atoms with van der Waals surface area (Å²) in [5.41, 5.74) is 0. The lowest BCUT2D eigenvalue weighted by molar-refractivity contribution is 0.0808. The van der Waals surface area contributed by atoms with E-state index >= 15 is 0 Å². The second-order valence-corrected chi connectivity index (χ2v) is 7.17. The zero-order valence-electron chi connectivity index (χ0n) is 12.6. The molecule has 0 saturated carbocycles. The molecule has 3 heteroatoms. The highest BCUT2D eigenvalue weighted by atomic mass is 32.1. The first kappa shape index (κ1) is 15.0. The molecule has 1 aliphatic rings. The number of nitrogens with one attached hydrogen (secondary N) is 1. The number of rotatable bonds is 6. The van der Waals surface area contributed by atoms with Gasteiger partial charge in [0.2, 0.25) is 0 Å². The normalized spacial score (nSPS) is 28.7. The molecule has 1 fully saturated rings. The smallest absolute Gasteiger partial charge is 0.0110 e. The van der Waals surface area contributed by atoms with Gasteiger partial charge in [0, 0.05) is 37.1 Å².